The van der Waals surface area contributed by atoms with Crippen LogP contribution < -0.4 is 20.3 Å². The third-order valence-electron chi connectivity index (χ3n) is 12.5. The number of β-amino-alcohol motifs (C(OH)–C–C–N with tert-alkyl or cyclic N) is 1. The smallest absolute Gasteiger partial charge is 0.246 e. The highest BCUT2D eigenvalue weighted by Crippen LogP contribution is 2.34. The van der Waals surface area contributed by atoms with Crippen molar-refractivity contribution in [3.63, 3.8) is 0 Å². The highest BCUT2D eigenvalue weighted by Gasteiger charge is 2.44. The highest BCUT2D eigenvalue weighted by atomic mass is 32.1. The van der Waals surface area contributed by atoms with Crippen molar-refractivity contribution in [2.24, 2.45) is 5.41 Å². The van der Waals surface area contributed by atoms with E-state index < -0.39 is 41.2 Å². The number of likely N-dealkylation sites (tertiary alicyclic amines) is 1. The number of nitrogens with one attached hydrogen (secondary N) is 3. The Hall–Kier alpha value is -6.83. The molecule has 0 saturated carbocycles. The van der Waals surface area contributed by atoms with Crippen LogP contribution in [-0.4, -0.2) is 135 Å². The summed E-state index contributed by atoms with van der Waals surface area (Å²) in [6, 6.07) is 18.5. The fourth-order valence-electron chi connectivity index (χ4n) is 8.67. The Morgan fingerprint density at radius 1 is 0.957 bits per heavy atom. The van der Waals surface area contributed by atoms with Crippen LogP contribution in [0.3, 0.4) is 0 Å². The Morgan fingerprint density at radius 3 is 2.38 bits per heavy atom. The van der Waals surface area contributed by atoms with Crippen molar-refractivity contribution < 1.29 is 38.1 Å². The van der Waals surface area contributed by atoms with Gasteiger partial charge >= 0.3 is 0 Å². The first-order chi connectivity index (χ1) is 33.2. The van der Waals surface area contributed by atoms with E-state index in [1.165, 1.54) is 18.1 Å². The van der Waals surface area contributed by atoms with Crippen LogP contribution in [0.4, 0.5) is 10.1 Å². The van der Waals surface area contributed by atoms with Crippen LogP contribution >= 0.6 is 11.3 Å². The fourth-order valence-corrected chi connectivity index (χ4v) is 9.48. The molecule has 6 aromatic rings. The van der Waals surface area contributed by atoms with Crippen LogP contribution in [0.1, 0.15) is 51.3 Å². The zero-order valence-electron chi connectivity index (χ0n) is 39.3. The SMILES string of the molecule is COc1cccc(F)c1-c1ncc2[nH]nc(-c3ccc(N4CCN(C(=O)CCOCCC(=O)N[C@H](C(=O)N5C[C@H](O)C[C@H]5C(=O)NCc5ccc(-c6scnc6C)cc5)C(C)(C)C)CC4)cc3)c2n1. The van der Waals surface area contributed by atoms with Gasteiger partial charge in [-0.05, 0) is 47.7 Å². The fraction of sp³-hybridized carbons (Fsp3) is 0.400. The van der Waals surface area contributed by atoms with Crippen molar-refractivity contribution in [1.29, 1.82) is 0 Å². The molecule has 0 unspecified atom stereocenters. The second kappa shape index (κ2) is 21.2. The first kappa shape index (κ1) is 48.6. The lowest BCUT2D eigenvalue weighted by molar-refractivity contribution is -0.144. The van der Waals surface area contributed by atoms with Gasteiger partial charge in [0.2, 0.25) is 23.6 Å². The van der Waals surface area contributed by atoms with Gasteiger partial charge in [0.05, 0.1) is 60.7 Å². The van der Waals surface area contributed by atoms with Crippen LogP contribution in [0, 0.1) is 18.2 Å². The average molecular weight is 961 g/mol. The van der Waals surface area contributed by atoms with Crippen molar-refractivity contribution in [1.82, 2.24) is 45.6 Å². The molecule has 0 bridgehead atoms. The molecule has 0 spiro atoms. The van der Waals surface area contributed by atoms with Gasteiger partial charge < -0.3 is 39.9 Å². The molecular formula is C50H57FN10O7S. The second-order valence-corrected chi connectivity index (χ2v) is 19.2. The van der Waals surface area contributed by atoms with E-state index in [-0.39, 0.29) is 68.8 Å². The molecule has 3 aromatic carbocycles. The number of amides is 4. The number of halogens is 1. The minimum Gasteiger partial charge on any atom is -0.496 e. The number of rotatable bonds is 16. The number of carbonyl (C=O) groups excluding carboxylic acids is 4. The van der Waals surface area contributed by atoms with Gasteiger partial charge in [0, 0.05) is 63.4 Å². The van der Waals surface area contributed by atoms with Crippen LogP contribution in [0.5, 0.6) is 5.75 Å². The van der Waals surface area contributed by atoms with Gasteiger partial charge in [-0.1, -0.05) is 63.2 Å². The number of carbonyl (C=O) groups is 4. The van der Waals surface area contributed by atoms with Crippen molar-refractivity contribution in [3.05, 3.63) is 95.5 Å². The number of aliphatic hydroxyl groups excluding tert-OH is 1. The zero-order valence-corrected chi connectivity index (χ0v) is 40.1. The number of aliphatic hydroxyl groups is 1. The Labute approximate surface area is 403 Å². The first-order valence-electron chi connectivity index (χ1n) is 23.0. The maximum Gasteiger partial charge on any atom is 0.246 e. The van der Waals surface area contributed by atoms with Gasteiger partial charge in [-0.2, -0.15) is 5.10 Å². The van der Waals surface area contributed by atoms with E-state index in [1.54, 1.807) is 29.7 Å². The summed E-state index contributed by atoms with van der Waals surface area (Å²) in [6.45, 7) is 10.2. The minimum absolute atomic E-state index is 0.0259. The summed E-state index contributed by atoms with van der Waals surface area (Å²) in [6.07, 6.45) is 0.902. The minimum atomic E-state index is -0.967. The van der Waals surface area contributed by atoms with Crippen molar-refractivity contribution in [2.75, 3.05) is 57.9 Å². The number of fused-ring (bicyclic) bond motifs is 1. The molecule has 3 aromatic heterocycles. The Balaban J connectivity index is 0.765. The monoisotopic (exact) mass is 960 g/mol. The number of piperazine rings is 1. The molecule has 3 atom stereocenters. The van der Waals surface area contributed by atoms with Gasteiger partial charge in [0.25, 0.3) is 0 Å². The van der Waals surface area contributed by atoms with E-state index in [9.17, 15) is 28.7 Å². The molecule has 0 aliphatic carbocycles. The third-order valence-corrected chi connectivity index (χ3v) is 13.5. The quantitative estimate of drug-likeness (QED) is 0.0885. The zero-order chi connectivity index (χ0) is 48.8. The van der Waals surface area contributed by atoms with Gasteiger partial charge in [0.1, 0.15) is 40.4 Å². The molecule has 2 saturated heterocycles. The summed E-state index contributed by atoms with van der Waals surface area (Å²) >= 11 is 1.57. The molecule has 2 aliphatic rings. The van der Waals surface area contributed by atoms with E-state index in [0.29, 0.717) is 48.7 Å². The molecule has 2 aliphatic heterocycles. The number of anilines is 1. The number of aryl methyl sites for hydroxylation is 1. The van der Waals surface area contributed by atoms with Crippen molar-refractivity contribution in [3.8, 4) is 38.8 Å². The summed E-state index contributed by atoms with van der Waals surface area (Å²) in [5, 5.41) is 23.8. The number of hydrogen-bond donors (Lipinski definition) is 4. The number of hydrogen-bond acceptors (Lipinski definition) is 13. The lowest BCUT2D eigenvalue weighted by Gasteiger charge is -2.36. The van der Waals surface area contributed by atoms with Gasteiger partial charge in [0.15, 0.2) is 5.82 Å². The number of methoxy groups -OCH3 is 1. The van der Waals surface area contributed by atoms with E-state index in [4.69, 9.17) is 9.47 Å². The van der Waals surface area contributed by atoms with Gasteiger partial charge in [-0.3, -0.25) is 24.3 Å². The molecule has 5 heterocycles. The molecule has 8 rings (SSSR count). The van der Waals surface area contributed by atoms with E-state index in [0.717, 1.165) is 32.9 Å². The van der Waals surface area contributed by atoms with Crippen molar-refractivity contribution in [2.45, 2.75) is 71.7 Å². The number of H-pyrrole nitrogens is 1. The number of nitrogens with zero attached hydrogens (tertiary/aromatic N) is 7. The first-order valence-corrected chi connectivity index (χ1v) is 23.9. The summed E-state index contributed by atoms with van der Waals surface area (Å²) < 4.78 is 25.9. The molecule has 4 N–H and O–H groups in total. The van der Waals surface area contributed by atoms with Crippen LogP contribution in [0.15, 0.2) is 78.4 Å². The van der Waals surface area contributed by atoms with E-state index >= 15 is 0 Å². The summed E-state index contributed by atoms with van der Waals surface area (Å²) in [5.74, 6) is -1.24. The van der Waals surface area contributed by atoms with Crippen molar-refractivity contribution >= 4 is 51.7 Å². The average Bonchev–Trinajstić information content (AvgIpc) is 4.09. The second-order valence-electron chi connectivity index (χ2n) is 18.3. The molecule has 0 radical (unpaired) electrons. The van der Waals surface area contributed by atoms with Crippen LogP contribution in [0.25, 0.3) is 44.1 Å². The van der Waals surface area contributed by atoms with Gasteiger partial charge in [-0.25, -0.2) is 19.3 Å². The molecular weight excluding hydrogens is 904 g/mol. The summed E-state index contributed by atoms with van der Waals surface area (Å²) in [4.78, 5) is 73.6. The summed E-state index contributed by atoms with van der Waals surface area (Å²) in [5.41, 5.74) is 7.73. The maximum absolute atomic E-state index is 14.8. The maximum atomic E-state index is 14.8. The number of thiazole rings is 1. The number of aromatic amines is 1. The van der Waals surface area contributed by atoms with Gasteiger partial charge in [-0.15, -0.1) is 11.3 Å². The van der Waals surface area contributed by atoms with Crippen LogP contribution in [-0.2, 0) is 30.5 Å². The highest BCUT2D eigenvalue weighted by molar-refractivity contribution is 7.13. The Bertz CT molecular complexity index is 2790. The number of benzene rings is 3. The molecule has 362 valence electrons. The predicted molar refractivity (Wildman–Crippen MR) is 260 cm³/mol. The normalized spacial score (nSPS) is 16.7. The molecule has 19 heteroatoms. The summed E-state index contributed by atoms with van der Waals surface area (Å²) in [7, 11) is 1.47. The number of aromatic nitrogens is 5. The third kappa shape index (κ3) is 11.2. The van der Waals surface area contributed by atoms with E-state index in [2.05, 4.69) is 40.7 Å². The topological polar surface area (TPSA) is 208 Å². The lowest BCUT2D eigenvalue weighted by atomic mass is 9.85. The van der Waals surface area contributed by atoms with Crippen LogP contribution in [0.2, 0.25) is 0 Å². The lowest BCUT2D eigenvalue weighted by Crippen LogP contribution is -2.57. The predicted octanol–water partition coefficient (Wildman–Crippen LogP) is 5.52. The Morgan fingerprint density at radius 2 is 1.68 bits per heavy atom. The molecule has 69 heavy (non-hydrogen) atoms. The number of ether oxygens (including phenoxy) is 2. The Kier molecular flexibility index (Phi) is 14.9. The molecule has 2 fully saturated rings. The standard InChI is InChI=1S/C50H57FN10O7S/c1-30-45(69-29-54-30)33-11-9-31(10-12-33)26-53-48(65)38-25-35(62)28-61(38)49(66)46(50(2,3)4)55-40(63)17-23-68-24-18-41(64)60-21-19-59(20-22-60)34-15-13-32(14-16-34)43-44-37(57-58-43)27-52-47(56-44)42-36(51)7-6-8-39(42)67-5/h6-16,27,29,35,38,46,62H,17-26,28H2,1-5H3,(H,53,65)(H,55,63)(H,57,58)/t35-,38+,46-/m1/s1. The largest absolute Gasteiger partial charge is 0.496 e. The molecule has 4 amide bonds. The van der Waals surface area contributed by atoms with E-state index in [1.807, 2.05) is 86.6 Å². The molecule has 17 nitrogen and oxygen atoms in total.